The molecule has 1 aliphatic heterocycles. The van der Waals surface area contributed by atoms with Crippen molar-refractivity contribution in [1.82, 2.24) is 10.2 Å². The smallest absolute Gasteiger partial charge is 0.244 e. The van der Waals surface area contributed by atoms with Gasteiger partial charge in [0.25, 0.3) is 0 Å². The lowest BCUT2D eigenvalue weighted by Crippen LogP contribution is -2.45. The minimum absolute atomic E-state index is 0.0302. The molecule has 120 valence electrons. The topological polar surface area (TPSA) is 41.6 Å². The minimum atomic E-state index is -0.353. The number of benzene rings is 1. The Morgan fingerprint density at radius 1 is 1.50 bits per heavy atom. The predicted molar refractivity (Wildman–Crippen MR) is 88.0 cm³/mol. The van der Waals surface area contributed by atoms with Crippen molar-refractivity contribution >= 4 is 27.9 Å². The van der Waals surface area contributed by atoms with Crippen LogP contribution in [0.5, 0.6) is 0 Å². The van der Waals surface area contributed by atoms with Crippen molar-refractivity contribution in [3.05, 3.63) is 40.1 Å². The maximum Gasteiger partial charge on any atom is 0.244 e. The summed E-state index contributed by atoms with van der Waals surface area (Å²) in [5, 5.41) is 2.89. The van der Waals surface area contributed by atoms with Gasteiger partial charge in [0.2, 0.25) is 5.91 Å². The number of ether oxygens (including phenoxy) is 1. The van der Waals surface area contributed by atoms with Crippen LogP contribution in [0.4, 0.5) is 4.39 Å². The number of nitrogens with one attached hydrogen (secondary N) is 1. The van der Waals surface area contributed by atoms with Gasteiger partial charge in [0.15, 0.2) is 0 Å². The fraction of sp³-hybridized carbons (Fsp3) is 0.438. The van der Waals surface area contributed by atoms with Gasteiger partial charge >= 0.3 is 0 Å². The first-order valence-electron chi connectivity index (χ1n) is 7.28. The van der Waals surface area contributed by atoms with Gasteiger partial charge < -0.3 is 10.1 Å². The summed E-state index contributed by atoms with van der Waals surface area (Å²) in [5.74, 6) is -0.575. The highest BCUT2D eigenvalue weighted by Crippen LogP contribution is 2.16. The van der Waals surface area contributed by atoms with Gasteiger partial charge in [0.05, 0.1) is 13.2 Å². The molecule has 2 rings (SSSR count). The first-order chi connectivity index (χ1) is 10.5. The fourth-order valence-corrected chi connectivity index (χ4v) is 2.69. The molecule has 0 radical (unpaired) electrons. The summed E-state index contributed by atoms with van der Waals surface area (Å²) < 4.78 is 19.6. The summed E-state index contributed by atoms with van der Waals surface area (Å²) in [6.45, 7) is 6.00. The molecule has 22 heavy (non-hydrogen) atoms. The van der Waals surface area contributed by atoms with Crippen molar-refractivity contribution in [2.45, 2.75) is 13.0 Å². The molecule has 6 heteroatoms. The van der Waals surface area contributed by atoms with E-state index in [0.29, 0.717) is 5.56 Å². The average molecular weight is 371 g/mol. The third kappa shape index (κ3) is 5.51. The van der Waals surface area contributed by atoms with Gasteiger partial charge in [0, 0.05) is 41.8 Å². The Morgan fingerprint density at radius 3 is 2.95 bits per heavy atom. The molecule has 1 aliphatic rings. The number of carbonyl (C=O) groups is 1. The number of carbonyl (C=O) groups excluding carboxylic acids is 1. The summed E-state index contributed by atoms with van der Waals surface area (Å²) in [6.07, 6.45) is 2.84. The molecule has 1 fully saturated rings. The highest BCUT2D eigenvalue weighted by molar-refractivity contribution is 9.10. The second-order valence-electron chi connectivity index (χ2n) is 5.32. The zero-order chi connectivity index (χ0) is 15.9. The van der Waals surface area contributed by atoms with E-state index >= 15 is 0 Å². The van der Waals surface area contributed by atoms with Crippen LogP contribution in [0.15, 0.2) is 28.7 Å². The molecule has 1 aromatic rings. The van der Waals surface area contributed by atoms with E-state index < -0.39 is 0 Å². The lowest BCUT2D eigenvalue weighted by Gasteiger charge is -2.29. The third-order valence-electron chi connectivity index (χ3n) is 3.40. The Labute approximate surface area is 138 Å². The number of morpholine rings is 1. The van der Waals surface area contributed by atoms with E-state index in [9.17, 15) is 9.18 Å². The molecule has 1 heterocycles. The second-order valence-corrected chi connectivity index (χ2v) is 6.24. The van der Waals surface area contributed by atoms with Gasteiger partial charge in [0.1, 0.15) is 5.82 Å². The summed E-state index contributed by atoms with van der Waals surface area (Å²) in [4.78, 5) is 14.1. The van der Waals surface area contributed by atoms with Gasteiger partial charge in [-0.2, -0.15) is 0 Å². The monoisotopic (exact) mass is 370 g/mol. The van der Waals surface area contributed by atoms with Crippen LogP contribution >= 0.6 is 15.9 Å². The molecular weight excluding hydrogens is 351 g/mol. The zero-order valence-electron chi connectivity index (χ0n) is 12.5. The molecule has 1 amide bonds. The van der Waals surface area contributed by atoms with Crippen molar-refractivity contribution in [2.75, 3.05) is 32.8 Å². The van der Waals surface area contributed by atoms with Crippen molar-refractivity contribution in [1.29, 1.82) is 0 Å². The molecule has 0 bridgehead atoms. The van der Waals surface area contributed by atoms with E-state index in [0.717, 1.165) is 37.3 Å². The SMILES string of the molecule is CC(CN1CCOCC1)NC(=O)/C=C/c1cc(Br)ccc1F. The van der Waals surface area contributed by atoms with Gasteiger partial charge in [-0.05, 0) is 31.2 Å². The number of nitrogens with zero attached hydrogens (tertiary/aromatic N) is 1. The van der Waals surface area contributed by atoms with Gasteiger partial charge in [-0.3, -0.25) is 9.69 Å². The molecular formula is C16H20BrFN2O2. The van der Waals surface area contributed by atoms with Crippen LogP contribution < -0.4 is 5.32 Å². The Morgan fingerprint density at radius 2 is 2.23 bits per heavy atom. The molecule has 0 aromatic heterocycles. The lowest BCUT2D eigenvalue weighted by molar-refractivity contribution is -0.117. The van der Waals surface area contributed by atoms with Crippen LogP contribution in [0.3, 0.4) is 0 Å². The molecule has 1 unspecified atom stereocenters. The molecule has 1 saturated heterocycles. The normalized spacial score (nSPS) is 17.6. The Kier molecular flexibility index (Phi) is 6.54. The molecule has 1 N–H and O–H groups in total. The van der Waals surface area contributed by atoms with E-state index in [1.807, 2.05) is 6.92 Å². The Bertz CT molecular complexity index is 545. The van der Waals surface area contributed by atoms with Gasteiger partial charge in [-0.1, -0.05) is 15.9 Å². The van der Waals surface area contributed by atoms with Crippen LogP contribution in [0.25, 0.3) is 6.08 Å². The van der Waals surface area contributed by atoms with E-state index in [1.54, 1.807) is 12.1 Å². The van der Waals surface area contributed by atoms with Crippen LogP contribution in [0.2, 0.25) is 0 Å². The standard InChI is InChI=1S/C16H20BrFN2O2/c1-12(11-20-6-8-22-9-7-20)19-16(21)5-2-13-10-14(17)3-4-15(13)18/h2-5,10,12H,6-9,11H2,1H3,(H,19,21)/b5-2+. The highest BCUT2D eigenvalue weighted by atomic mass is 79.9. The largest absolute Gasteiger partial charge is 0.379 e. The zero-order valence-corrected chi connectivity index (χ0v) is 14.1. The average Bonchev–Trinajstić information content (AvgIpc) is 2.49. The number of rotatable bonds is 5. The third-order valence-corrected chi connectivity index (χ3v) is 3.89. The second kappa shape index (κ2) is 8.41. The summed E-state index contributed by atoms with van der Waals surface area (Å²) >= 11 is 3.28. The van der Waals surface area contributed by atoms with E-state index in [1.165, 1.54) is 18.2 Å². The molecule has 0 saturated carbocycles. The molecule has 4 nitrogen and oxygen atoms in total. The highest BCUT2D eigenvalue weighted by Gasteiger charge is 2.14. The van der Waals surface area contributed by atoms with Crippen LogP contribution in [0, 0.1) is 5.82 Å². The quantitative estimate of drug-likeness (QED) is 0.809. The van der Waals surface area contributed by atoms with Gasteiger partial charge in [-0.25, -0.2) is 4.39 Å². The summed E-state index contributed by atoms with van der Waals surface area (Å²) in [6, 6.07) is 4.65. The number of hydrogen-bond acceptors (Lipinski definition) is 3. The predicted octanol–water partition coefficient (Wildman–Crippen LogP) is 2.44. The van der Waals surface area contributed by atoms with Crippen molar-refractivity contribution in [2.24, 2.45) is 0 Å². The molecule has 1 aromatic carbocycles. The van der Waals surface area contributed by atoms with Crippen molar-refractivity contribution < 1.29 is 13.9 Å². The maximum absolute atomic E-state index is 13.6. The first kappa shape index (κ1) is 17.1. The molecule has 0 aliphatic carbocycles. The Hall–Kier alpha value is -1.24. The first-order valence-corrected chi connectivity index (χ1v) is 8.07. The maximum atomic E-state index is 13.6. The number of amides is 1. The van der Waals surface area contributed by atoms with E-state index in [-0.39, 0.29) is 17.8 Å². The van der Waals surface area contributed by atoms with Crippen molar-refractivity contribution in [3.63, 3.8) is 0 Å². The van der Waals surface area contributed by atoms with Crippen LogP contribution in [0.1, 0.15) is 12.5 Å². The Balaban J connectivity index is 1.83. The van der Waals surface area contributed by atoms with E-state index in [4.69, 9.17) is 4.74 Å². The van der Waals surface area contributed by atoms with Crippen molar-refractivity contribution in [3.8, 4) is 0 Å². The lowest BCUT2D eigenvalue weighted by atomic mass is 10.2. The molecule has 1 atom stereocenters. The van der Waals surface area contributed by atoms with E-state index in [2.05, 4.69) is 26.1 Å². The summed E-state index contributed by atoms with van der Waals surface area (Å²) in [7, 11) is 0. The fourth-order valence-electron chi connectivity index (χ4n) is 2.32. The van der Waals surface area contributed by atoms with Gasteiger partial charge in [-0.15, -0.1) is 0 Å². The molecule has 0 spiro atoms. The number of hydrogen-bond donors (Lipinski definition) is 1. The minimum Gasteiger partial charge on any atom is -0.379 e. The number of halogens is 2. The van der Waals surface area contributed by atoms with Crippen LogP contribution in [-0.4, -0.2) is 49.7 Å². The van der Waals surface area contributed by atoms with Crippen LogP contribution in [-0.2, 0) is 9.53 Å². The summed E-state index contributed by atoms with van der Waals surface area (Å²) in [5.41, 5.74) is 0.380.